The molecule has 2 aliphatic rings. The van der Waals surface area contributed by atoms with Crippen molar-refractivity contribution < 1.29 is 13.6 Å². The molecule has 0 radical (unpaired) electrons. The van der Waals surface area contributed by atoms with Gasteiger partial charge in [-0.05, 0) is 49.9 Å². The number of benzene rings is 1. The van der Waals surface area contributed by atoms with E-state index in [1.807, 2.05) is 11.8 Å². The Hall–Kier alpha value is -3.36. The standard InChI is InChI=1S/C23H24F2N6O/c1-4-18-22(32)29(3)19-12-27-23(28-21(19)31(18)16-10-15(24)11-16)30-8-7-26-20(30)14-5-6-17(25)13(2)9-14/h5-9,12,15-16,18H,4,10-11H2,1-3H3/t15?,16?,18-/m1/s1. The van der Waals surface area contributed by atoms with Crippen LogP contribution >= 0.6 is 0 Å². The van der Waals surface area contributed by atoms with Crippen LogP contribution in [0.15, 0.2) is 36.8 Å². The molecule has 3 heterocycles. The number of fused-ring (bicyclic) bond motifs is 1. The van der Waals surface area contributed by atoms with Crippen molar-refractivity contribution in [3.8, 4) is 17.3 Å². The molecule has 0 spiro atoms. The molecule has 0 bridgehead atoms. The molecule has 1 fully saturated rings. The molecule has 166 valence electrons. The average Bonchev–Trinajstić information content (AvgIpc) is 3.25. The molecule has 7 nitrogen and oxygen atoms in total. The van der Waals surface area contributed by atoms with Crippen molar-refractivity contribution in [3.63, 3.8) is 0 Å². The Balaban J connectivity index is 1.61. The first-order chi connectivity index (χ1) is 15.4. The van der Waals surface area contributed by atoms with Crippen molar-refractivity contribution in [2.24, 2.45) is 0 Å². The first-order valence-electron chi connectivity index (χ1n) is 10.8. The molecule has 1 aliphatic carbocycles. The van der Waals surface area contributed by atoms with Gasteiger partial charge in [-0.1, -0.05) is 6.92 Å². The number of imidazole rings is 1. The summed E-state index contributed by atoms with van der Waals surface area (Å²) in [6.07, 6.45) is 5.53. The summed E-state index contributed by atoms with van der Waals surface area (Å²) >= 11 is 0. The van der Waals surface area contributed by atoms with Gasteiger partial charge in [0.15, 0.2) is 5.82 Å². The van der Waals surface area contributed by atoms with Gasteiger partial charge in [0.25, 0.3) is 0 Å². The molecule has 2 aromatic heterocycles. The van der Waals surface area contributed by atoms with Crippen molar-refractivity contribution >= 4 is 17.4 Å². The molecular formula is C23H24F2N6O. The second-order valence-electron chi connectivity index (χ2n) is 8.41. The molecule has 1 amide bonds. The number of likely N-dealkylation sites (N-methyl/N-ethyl adjacent to an activating group) is 1. The molecule has 1 aliphatic heterocycles. The maximum absolute atomic E-state index is 13.8. The van der Waals surface area contributed by atoms with E-state index < -0.39 is 12.2 Å². The lowest BCUT2D eigenvalue weighted by molar-refractivity contribution is -0.120. The summed E-state index contributed by atoms with van der Waals surface area (Å²) < 4.78 is 29.2. The zero-order valence-corrected chi connectivity index (χ0v) is 18.2. The summed E-state index contributed by atoms with van der Waals surface area (Å²) in [7, 11) is 1.72. The van der Waals surface area contributed by atoms with Crippen LogP contribution in [-0.4, -0.2) is 50.7 Å². The van der Waals surface area contributed by atoms with Crippen molar-refractivity contribution in [3.05, 3.63) is 48.2 Å². The SMILES string of the molecule is CC[C@@H]1C(=O)N(C)c2cnc(-n3ccnc3-c3ccc(F)c(C)c3)nc2N1C1CC(F)C1. The van der Waals surface area contributed by atoms with Gasteiger partial charge in [0, 0.05) is 31.0 Å². The van der Waals surface area contributed by atoms with Gasteiger partial charge in [0.2, 0.25) is 11.9 Å². The van der Waals surface area contributed by atoms with Gasteiger partial charge in [-0.3, -0.25) is 9.36 Å². The molecule has 32 heavy (non-hydrogen) atoms. The number of aromatic nitrogens is 4. The van der Waals surface area contributed by atoms with Gasteiger partial charge in [0.05, 0.1) is 6.20 Å². The van der Waals surface area contributed by atoms with Gasteiger partial charge in [-0.25, -0.2) is 18.7 Å². The second kappa shape index (κ2) is 7.65. The Bertz CT molecular complexity index is 1190. The van der Waals surface area contributed by atoms with Crippen molar-refractivity contribution in [1.82, 2.24) is 19.5 Å². The molecule has 0 saturated heterocycles. The van der Waals surface area contributed by atoms with Crippen molar-refractivity contribution in [2.45, 2.75) is 51.4 Å². The lowest BCUT2D eigenvalue weighted by Crippen LogP contribution is -2.59. The third-order valence-corrected chi connectivity index (χ3v) is 6.40. The van der Waals surface area contributed by atoms with Crippen LogP contribution in [-0.2, 0) is 4.79 Å². The predicted molar refractivity (Wildman–Crippen MR) is 117 cm³/mol. The maximum atomic E-state index is 13.8. The first-order valence-corrected chi connectivity index (χ1v) is 10.8. The minimum absolute atomic E-state index is 0.0382. The van der Waals surface area contributed by atoms with Crippen LogP contribution in [0.3, 0.4) is 0 Å². The predicted octanol–water partition coefficient (Wildman–Crippen LogP) is 3.84. The fourth-order valence-electron chi connectivity index (χ4n) is 4.52. The van der Waals surface area contributed by atoms with Crippen LogP contribution in [0.2, 0.25) is 0 Å². The maximum Gasteiger partial charge on any atom is 0.249 e. The number of carbonyl (C=O) groups is 1. The van der Waals surface area contributed by atoms with Crippen LogP contribution in [0.4, 0.5) is 20.3 Å². The third kappa shape index (κ3) is 3.14. The molecule has 0 N–H and O–H groups in total. The minimum Gasteiger partial charge on any atom is -0.339 e. The van der Waals surface area contributed by atoms with Crippen LogP contribution in [0.5, 0.6) is 0 Å². The van der Waals surface area contributed by atoms with E-state index in [9.17, 15) is 13.6 Å². The number of hydrogen-bond acceptors (Lipinski definition) is 5. The number of anilines is 2. The summed E-state index contributed by atoms with van der Waals surface area (Å²) in [5, 5.41) is 0. The second-order valence-corrected chi connectivity index (χ2v) is 8.41. The molecule has 1 saturated carbocycles. The zero-order valence-electron chi connectivity index (χ0n) is 18.2. The fourth-order valence-corrected chi connectivity index (χ4v) is 4.52. The number of halogens is 2. The van der Waals surface area contributed by atoms with E-state index in [1.54, 1.807) is 54.2 Å². The van der Waals surface area contributed by atoms with E-state index in [0.29, 0.717) is 48.1 Å². The molecule has 1 atom stereocenters. The fraction of sp³-hybridized carbons (Fsp3) is 0.391. The summed E-state index contributed by atoms with van der Waals surface area (Å²) in [6, 6.07) is 4.34. The van der Waals surface area contributed by atoms with Crippen molar-refractivity contribution in [1.29, 1.82) is 0 Å². The lowest BCUT2D eigenvalue weighted by Gasteiger charge is -2.48. The Morgan fingerprint density at radius 3 is 2.69 bits per heavy atom. The monoisotopic (exact) mass is 438 g/mol. The average molecular weight is 438 g/mol. The highest BCUT2D eigenvalue weighted by atomic mass is 19.1. The van der Waals surface area contributed by atoms with E-state index in [1.165, 1.54) is 6.07 Å². The van der Waals surface area contributed by atoms with Gasteiger partial charge in [0.1, 0.15) is 29.5 Å². The van der Waals surface area contributed by atoms with Crippen LogP contribution in [0.1, 0.15) is 31.7 Å². The molecule has 5 rings (SSSR count). The quantitative estimate of drug-likeness (QED) is 0.619. The van der Waals surface area contributed by atoms with E-state index >= 15 is 0 Å². The number of amides is 1. The van der Waals surface area contributed by atoms with Gasteiger partial charge in [-0.2, -0.15) is 4.98 Å². The number of carbonyl (C=O) groups excluding carboxylic acids is 1. The smallest absolute Gasteiger partial charge is 0.249 e. The number of hydrogen-bond donors (Lipinski definition) is 0. The Kier molecular flexibility index (Phi) is 4.91. The van der Waals surface area contributed by atoms with E-state index in [2.05, 4.69) is 9.97 Å². The molecule has 0 unspecified atom stereocenters. The largest absolute Gasteiger partial charge is 0.339 e. The molecular weight excluding hydrogens is 414 g/mol. The van der Waals surface area contributed by atoms with E-state index in [0.717, 1.165) is 5.56 Å². The lowest BCUT2D eigenvalue weighted by atomic mass is 9.87. The van der Waals surface area contributed by atoms with E-state index in [-0.39, 0.29) is 17.8 Å². The zero-order chi connectivity index (χ0) is 22.6. The number of aryl methyl sites for hydroxylation is 1. The molecule has 9 heteroatoms. The third-order valence-electron chi connectivity index (χ3n) is 6.40. The molecule has 3 aromatic rings. The first kappa shape index (κ1) is 20.5. The van der Waals surface area contributed by atoms with Crippen LogP contribution < -0.4 is 9.80 Å². The van der Waals surface area contributed by atoms with Gasteiger partial charge >= 0.3 is 0 Å². The Labute approximate surface area is 184 Å². The number of alkyl halides is 1. The highest BCUT2D eigenvalue weighted by molar-refractivity contribution is 6.04. The highest BCUT2D eigenvalue weighted by Crippen LogP contribution is 2.41. The molecule has 1 aromatic carbocycles. The summed E-state index contributed by atoms with van der Waals surface area (Å²) in [5.41, 5.74) is 1.86. The summed E-state index contributed by atoms with van der Waals surface area (Å²) in [6.45, 7) is 3.65. The normalized spacial score (nSPS) is 22.7. The Morgan fingerprint density at radius 1 is 1.22 bits per heavy atom. The Morgan fingerprint density at radius 2 is 2.00 bits per heavy atom. The highest BCUT2D eigenvalue weighted by Gasteiger charge is 2.45. The topological polar surface area (TPSA) is 67.2 Å². The summed E-state index contributed by atoms with van der Waals surface area (Å²) in [5.74, 6) is 1.27. The number of nitrogens with zero attached hydrogens (tertiary/aromatic N) is 6. The van der Waals surface area contributed by atoms with Crippen LogP contribution in [0.25, 0.3) is 17.3 Å². The van der Waals surface area contributed by atoms with Crippen LogP contribution in [0, 0.1) is 12.7 Å². The van der Waals surface area contributed by atoms with Gasteiger partial charge in [-0.15, -0.1) is 0 Å². The van der Waals surface area contributed by atoms with Crippen molar-refractivity contribution in [2.75, 3.05) is 16.8 Å². The van der Waals surface area contributed by atoms with E-state index in [4.69, 9.17) is 4.98 Å². The van der Waals surface area contributed by atoms with Gasteiger partial charge < -0.3 is 9.80 Å². The summed E-state index contributed by atoms with van der Waals surface area (Å²) in [4.78, 5) is 30.2. The minimum atomic E-state index is -0.848. The number of rotatable bonds is 4.